The molecule has 0 fully saturated rings. The molecular formula is C18H19N4O2S+. The Morgan fingerprint density at radius 1 is 1.24 bits per heavy atom. The highest BCUT2D eigenvalue weighted by Gasteiger charge is 2.16. The average Bonchev–Trinajstić information content (AvgIpc) is 2.94. The first-order chi connectivity index (χ1) is 12.1. The van der Waals surface area contributed by atoms with Gasteiger partial charge in [-0.2, -0.15) is 5.10 Å². The summed E-state index contributed by atoms with van der Waals surface area (Å²) in [5.41, 5.74) is 5.78. The van der Waals surface area contributed by atoms with Crippen LogP contribution in [0.5, 0.6) is 5.75 Å². The Balaban J connectivity index is 1.62. The number of H-pyrrole nitrogens is 1. The van der Waals surface area contributed by atoms with E-state index in [0.717, 1.165) is 16.2 Å². The summed E-state index contributed by atoms with van der Waals surface area (Å²) < 4.78 is 2.02. The molecule has 0 spiro atoms. The fourth-order valence-electron chi connectivity index (χ4n) is 2.47. The minimum atomic E-state index is -0.210. The number of hydrogen-bond donors (Lipinski definition) is 3. The zero-order valence-corrected chi connectivity index (χ0v) is 14.8. The van der Waals surface area contributed by atoms with Crippen LogP contribution in [0.15, 0.2) is 58.8 Å². The standard InChI is InChI=1S/C18H18N4O2S/c1-12(13-7-3-6-10-16(13)23)20-21-17(24)11-25-18-19-14-8-4-5-9-15(14)22(18)2/h3-10H,11H2,1-2H3,(H2,20,21,23,24)/p+1. The maximum Gasteiger partial charge on any atom is 0.317 e. The van der Waals surface area contributed by atoms with Gasteiger partial charge in [-0.3, -0.25) is 4.79 Å². The van der Waals surface area contributed by atoms with E-state index in [1.54, 1.807) is 25.1 Å². The van der Waals surface area contributed by atoms with Gasteiger partial charge >= 0.3 is 5.16 Å². The maximum absolute atomic E-state index is 12.0. The molecule has 3 rings (SSSR count). The van der Waals surface area contributed by atoms with Crippen LogP contribution >= 0.6 is 11.8 Å². The minimum absolute atomic E-state index is 0.137. The molecule has 3 aromatic rings. The number of hydrazone groups is 1. The van der Waals surface area contributed by atoms with E-state index < -0.39 is 0 Å². The molecule has 0 unspecified atom stereocenters. The molecule has 1 aromatic heterocycles. The number of imidazole rings is 1. The molecule has 3 N–H and O–H groups in total. The van der Waals surface area contributed by atoms with Gasteiger partial charge in [-0.1, -0.05) is 24.3 Å². The fourth-order valence-corrected chi connectivity index (χ4v) is 3.27. The van der Waals surface area contributed by atoms with E-state index in [-0.39, 0.29) is 17.4 Å². The van der Waals surface area contributed by atoms with E-state index in [1.807, 2.05) is 41.9 Å². The van der Waals surface area contributed by atoms with Crippen molar-refractivity contribution in [3.8, 4) is 5.75 Å². The van der Waals surface area contributed by atoms with Gasteiger partial charge in [-0.05, 0) is 43.0 Å². The first-order valence-electron chi connectivity index (χ1n) is 7.77. The van der Waals surface area contributed by atoms with E-state index >= 15 is 0 Å². The molecule has 1 amide bonds. The van der Waals surface area contributed by atoms with Crippen molar-refractivity contribution in [2.45, 2.75) is 12.1 Å². The summed E-state index contributed by atoms with van der Waals surface area (Å²) in [5.74, 6) is 0.161. The third-order valence-corrected chi connectivity index (χ3v) is 4.85. The van der Waals surface area contributed by atoms with Crippen molar-refractivity contribution < 1.29 is 14.5 Å². The number of thioether (sulfide) groups is 1. The number of fused-ring (bicyclic) bond motifs is 1. The molecule has 6 nitrogen and oxygen atoms in total. The number of aromatic nitrogens is 2. The normalized spacial score (nSPS) is 11.7. The van der Waals surface area contributed by atoms with E-state index in [0.29, 0.717) is 11.3 Å². The lowest BCUT2D eigenvalue weighted by Crippen LogP contribution is -2.30. The van der Waals surface area contributed by atoms with Gasteiger partial charge in [0, 0.05) is 5.56 Å². The molecule has 0 aliphatic rings. The highest BCUT2D eigenvalue weighted by atomic mass is 32.2. The van der Waals surface area contributed by atoms with Crippen LogP contribution in [-0.2, 0) is 11.8 Å². The summed E-state index contributed by atoms with van der Waals surface area (Å²) in [6.07, 6.45) is 0. The van der Waals surface area contributed by atoms with E-state index in [4.69, 9.17) is 0 Å². The Morgan fingerprint density at radius 3 is 2.72 bits per heavy atom. The zero-order chi connectivity index (χ0) is 17.8. The summed E-state index contributed by atoms with van der Waals surface area (Å²) in [6.45, 7) is 1.74. The largest absolute Gasteiger partial charge is 0.507 e. The number of aromatic amines is 1. The van der Waals surface area contributed by atoms with Crippen molar-refractivity contribution in [3.05, 3.63) is 54.1 Å². The zero-order valence-electron chi connectivity index (χ0n) is 14.0. The number of nitrogens with one attached hydrogen (secondary N) is 2. The van der Waals surface area contributed by atoms with Crippen molar-refractivity contribution in [1.82, 2.24) is 10.4 Å². The molecule has 0 radical (unpaired) electrons. The maximum atomic E-state index is 12.0. The van der Waals surface area contributed by atoms with Crippen LogP contribution in [0, 0.1) is 0 Å². The van der Waals surface area contributed by atoms with Crippen molar-refractivity contribution >= 4 is 34.4 Å². The lowest BCUT2D eigenvalue weighted by molar-refractivity contribution is -0.683. The first-order valence-corrected chi connectivity index (χ1v) is 8.76. The lowest BCUT2D eigenvalue weighted by Gasteiger charge is -2.04. The molecule has 0 saturated heterocycles. The second-order valence-electron chi connectivity index (χ2n) is 5.54. The van der Waals surface area contributed by atoms with E-state index in [9.17, 15) is 9.90 Å². The van der Waals surface area contributed by atoms with Crippen LogP contribution in [0.25, 0.3) is 11.0 Å². The van der Waals surface area contributed by atoms with E-state index in [1.165, 1.54) is 11.8 Å². The van der Waals surface area contributed by atoms with Crippen molar-refractivity contribution in [3.63, 3.8) is 0 Å². The Bertz CT molecular complexity index is 949. The molecule has 25 heavy (non-hydrogen) atoms. The molecule has 0 aliphatic heterocycles. The SMILES string of the molecule is CC(=NNC(=O)CSc1[nH]c2ccccc2[n+]1C)c1ccccc1O. The number of phenolic OH excluding ortho intramolecular Hbond substituents is 1. The third-order valence-electron chi connectivity index (χ3n) is 3.79. The van der Waals surface area contributed by atoms with Gasteiger partial charge in [0.1, 0.15) is 5.75 Å². The van der Waals surface area contributed by atoms with Crippen LogP contribution in [0.4, 0.5) is 0 Å². The molecule has 0 atom stereocenters. The van der Waals surface area contributed by atoms with Crippen LogP contribution in [-0.4, -0.2) is 27.5 Å². The van der Waals surface area contributed by atoms with Gasteiger partial charge in [0.25, 0.3) is 5.91 Å². The lowest BCUT2D eigenvalue weighted by atomic mass is 10.1. The Hall–Kier alpha value is -2.80. The molecule has 0 bridgehead atoms. The van der Waals surface area contributed by atoms with Crippen LogP contribution < -0.4 is 9.99 Å². The second kappa shape index (κ2) is 7.40. The summed E-state index contributed by atoms with van der Waals surface area (Å²) in [7, 11) is 1.96. The van der Waals surface area contributed by atoms with Gasteiger partial charge in [0.2, 0.25) is 0 Å². The summed E-state index contributed by atoms with van der Waals surface area (Å²) in [6, 6.07) is 14.9. The summed E-state index contributed by atoms with van der Waals surface area (Å²) in [5, 5.41) is 14.8. The number of aryl methyl sites for hydroxylation is 1. The number of benzene rings is 2. The van der Waals surface area contributed by atoms with Crippen molar-refractivity contribution in [2.24, 2.45) is 12.1 Å². The number of carbonyl (C=O) groups excluding carboxylic acids is 1. The molecule has 7 heteroatoms. The third kappa shape index (κ3) is 3.83. The summed E-state index contributed by atoms with van der Waals surface area (Å²) >= 11 is 1.41. The monoisotopic (exact) mass is 355 g/mol. The Morgan fingerprint density at radius 2 is 1.96 bits per heavy atom. The Kier molecular flexibility index (Phi) is 5.04. The number of phenols is 1. The predicted octanol–water partition coefficient (Wildman–Crippen LogP) is 2.33. The first kappa shape index (κ1) is 17.0. The van der Waals surface area contributed by atoms with Gasteiger partial charge < -0.3 is 5.11 Å². The van der Waals surface area contributed by atoms with Gasteiger partial charge in [-0.25, -0.2) is 15.0 Å². The van der Waals surface area contributed by atoms with Gasteiger partial charge in [-0.15, -0.1) is 0 Å². The van der Waals surface area contributed by atoms with Crippen molar-refractivity contribution in [2.75, 3.05) is 5.75 Å². The van der Waals surface area contributed by atoms with Crippen molar-refractivity contribution in [1.29, 1.82) is 0 Å². The number of aromatic hydroxyl groups is 1. The second-order valence-corrected chi connectivity index (χ2v) is 6.51. The van der Waals surface area contributed by atoms with Gasteiger partial charge in [0.15, 0.2) is 11.0 Å². The number of rotatable bonds is 5. The number of carbonyl (C=O) groups is 1. The average molecular weight is 355 g/mol. The van der Waals surface area contributed by atoms with Gasteiger partial charge in [0.05, 0.1) is 18.5 Å². The minimum Gasteiger partial charge on any atom is -0.507 e. The quantitative estimate of drug-likeness (QED) is 0.284. The Labute approximate surface area is 149 Å². The topological polar surface area (TPSA) is 81.4 Å². The van der Waals surface area contributed by atoms with Crippen LogP contribution in [0.2, 0.25) is 0 Å². The molecule has 128 valence electrons. The molecule has 2 aromatic carbocycles. The fraction of sp³-hybridized carbons (Fsp3) is 0.167. The molecule has 0 aliphatic carbocycles. The predicted molar refractivity (Wildman–Crippen MR) is 98.7 cm³/mol. The number of para-hydroxylation sites is 3. The number of nitrogens with zero attached hydrogens (tertiary/aromatic N) is 2. The highest BCUT2D eigenvalue weighted by Crippen LogP contribution is 2.17. The molecule has 1 heterocycles. The van der Waals surface area contributed by atoms with E-state index in [2.05, 4.69) is 15.5 Å². The number of hydrogen-bond acceptors (Lipinski definition) is 4. The van der Waals surface area contributed by atoms with Crippen LogP contribution in [0.3, 0.4) is 0 Å². The molecule has 0 saturated carbocycles. The smallest absolute Gasteiger partial charge is 0.317 e. The number of amides is 1. The highest BCUT2D eigenvalue weighted by molar-refractivity contribution is 7.99. The molecular weight excluding hydrogens is 336 g/mol. The van der Waals surface area contributed by atoms with Crippen LogP contribution in [0.1, 0.15) is 12.5 Å². The summed E-state index contributed by atoms with van der Waals surface area (Å²) in [4.78, 5) is 15.3.